The molecule has 0 radical (unpaired) electrons. The number of carbonyl (C=O) groups excluding carboxylic acids is 1. The second-order valence-corrected chi connectivity index (χ2v) is 11.9. The van der Waals surface area contributed by atoms with Crippen LogP contribution < -0.4 is 14.4 Å². The molecule has 1 aromatic carbocycles. The maximum atomic E-state index is 13.2. The van der Waals surface area contributed by atoms with E-state index >= 15 is 0 Å². The lowest BCUT2D eigenvalue weighted by atomic mass is 9.95. The summed E-state index contributed by atoms with van der Waals surface area (Å²) >= 11 is 0. The predicted molar refractivity (Wildman–Crippen MR) is 148 cm³/mol. The van der Waals surface area contributed by atoms with Crippen LogP contribution in [0.4, 0.5) is 10.6 Å². The number of methoxy groups -OCH3 is 1. The van der Waals surface area contributed by atoms with Crippen LogP contribution in [-0.2, 0) is 11.3 Å². The minimum Gasteiger partial charge on any atom is -0.480 e. The van der Waals surface area contributed by atoms with E-state index in [4.69, 9.17) is 19.2 Å². The number of hydrogen-bond donors (Lipinski definition) is 0. The Morgan fingerprint density at radius 3 is 2.67 bits per heavy atom. The molecule has 204 valence electrons. The van der Waals surface area contributed by atoms with E-state index in [9.17, 15) is 4.79 Å². The SMILES string of the molecule is COc1cc(-c2ccc3c(c2)COc2nc(N4CCC(N(C(=O)OC(C)(C)C)C5(C)CC5)C4)ccc2-3)cnn1. The van der Waals surface area contributed by atoms with Crippen LogP contribution in [0, 0.1) is 0 Å². The largest absolute Gasteiger partial charge is 0.480 e. The second kappa shape index (κ2) is 9.39. The molecule has 1 amide bonds. The number of ether oxygens (including phenoxy) is 3. The number of carbonyl (C=O) groups is 1. The molecule has 2 fully saturated rings. The summed E-state index contributed by atoms with van der Waals surface area (Å²) in [5, 5.41) is 7.99. The van der Waals surface area contributed by atoms with Gasteiger partial charge in [0.2, 0.25) is 11.8 Å². The highest BCUT2D eigenvalue weighted by Gasteiger charge is 2.51. The number of benzene rings is 1. The molecule has 4 heterocycles. The molecule has 39 heavy (non-hydrogen) atoms. The van der Waals surface area contributed by atoms with Crippen LogP contribution in [0.5, 0.6) is 11.8 Å². The Labute approximate surface area is 229 Å². The summed E-state index contributed by atoms with van der Waals surface area (Å²) in [5.41, 5.74) is 4.52. The molecule has 1 unspecified atom stereocenters. The highest BCUT2D eigenvalue weighted by atomic mass is 16.6. The highest BCUT2D eigenvalue weighted by Crippen LogP contribution is 2.45. The van der Waals surface area contributed by atoms with Crippen molar-refractivity contribution in [3.63, 3.8) is 0 Å². The monoisotopic (exact) mass is 529 g/mol. The van der Waals surface area contributed by atoms with Crippen molar-refractivity contribution in [1.29, 1.82) is 0 Å². The third kappa shape index (κ3) is 4.97. The first-order valence-electron chi connectivity index (χ1n) is 13.5. The Balaban J connectivity index is 1.21. The molecule has 1 saturated carbocycles. The van der Waals surface area contributed by atoms with Gasteiger partial charge in [0.15, 0.2) is 0 Å². The summed E-state index contributed by atoms with van der Waals surface area (Å²) in [6, 6.07) is 12.4. The van der Waals surface area contributed by atoms with Crippen molar-refractivity contribution in [3.8, 4) is 34.0 Å². The van der Waals surface area contributed by atoms with Crippen LogP contribution in [0.1, 0.15) is 52.5 Å². The number of aromatic nitrogens is 3. The first-order valence-corrected chi connectivity index (χ1v) is 13.5. The lowest BCUT2D eigenvalue weighted by Crippen LogP contribution is -2.50. The average Bonchev–Trinajstić information content (AvgIpc) is 3.46. The van der Waals surface area contributed by atoms with Crippen molar-refractivity contribution in [2.24, 2.45) is 0 Å². The summed E-state index contributed by atoms with van der Waals surface area (Å²) in [7, 11) is 1.58. The van der Waals surface area contributed by atoms with Crippen molar-refractivity contribution in [2.45, 2.75) is 70.7 Å². The van der Waals surface area contributed by atoms with Crippen LogP contribution in [0.15, 0.2) is 42.6 Å². The molecule has 3 aromatic rings. The minimum atomic E-state index is -0.518. The fraction of sp³-hybridized carbons (Fsp3) is 0.467. The van der Waals surface area contributed by atoms with E-state index in [1.807, 2.05) is 31.7 Å². The molecule has 3 aliphatic rings. The Hall–Kier alpha value is -3.88. The van der Waals surface area contributed by atoms with Crippen molar-refractivity contribution in [1.82, 2.24) is 20.1 Å². The van der Waals surface area contributed by atoms with Crippen molar-refractivity contribution in [3.05, 3.63) is 48.2 Å². The van der Waals surface area contributed by atoms with Gasteiger partial charge in [0.05, 0.1) is 19.3 Å². The Kier molecular flexibility index (Phi) is 6.12. The number of amides is 1. The normalized spacial score (nSPS) is 19.0. The molecule has 2 aliphatic heterocycles. The van der Waals surface area contributed by atoms with Crippen molar-refractivity contribution < 1.29 is 19.0 Å². The van der Waals surface area contributed by atoms with E-state index < -0.39 is 5.60 Å². The maximum Gasteiger partial charge on any atom is 0.411 e. The van der Waals surface area contributed by atoms with Gasteiger partial charge in [0, 0.05) is 35.8 Å². The Bertz CT molecular complexity index is 1410. The predicted octanol–water partition coefficient (Wildman–Crippen LogP) is 5.47. The van der Waals surface area contributed by atoms with Gasteiger partial charge in [-0.05, 0) is 81.8 Å². The van der Waals surface area contributed by atoms with Crippen LogP contribution in [0.25, 0.3) is 22.3 Å². The van der Waals surface area contributed by atoms with Gasteiger partial charge in [0.25, 0.3) is 0 Å². The molecule has 6 rings (SSSR count). The minimum absolute atomic E-state index is 0.0894. The number of rotatable bonds is 5. The van der Waals surface area contributed by atoms with E-state index in [0.717, 1.165) is 66.0 Å². The second-order valence-electron chi connectivity index (χ2n) is 11.9. The fourth-order valence-electron chi connectivity index (χ4n) is 5.53. The Morgan fingerprint density at radius 2 is 1.92 bits per heavy atom. The van der Waals surface area contributed by atoms with Gasteiger partial charge >= 0.3 is 6.09 Å². The fourth-order valence-corrected chi connectivity index (χ4v) is 5.53. The van der Waals surface area contributed by atoms with Gasteiger partial charge in [0.1, 0.15) is 18.0 Å². The van der Waals surface area contributed by atoms with Crippen molar-refractivity contribution in [2.75, 3.05) is 25.1 Å². The van der Waals surface area contributed by atoms with Gasteiger partial charge in [-0.25, -0.2) is 4.79 Å². The van der Waals surface area contributed by atoms with E-state index in [1.165, 1.54) is 0 Å². The zero-order valence-corrected chi connectivity index (χ0v) is 23.2. The molecule has 9 nitrogen and oxygen atoms in total. The topological polar surface area (TPSA) is 89.9 Å². The summed E-state index contributed by atoms with van der Waals surface area (Å²) < 4.78 is 17.2. The molecule has 1 atom stereocenters. The average molecular weight is 530 g/mol. The molecular weight excluding hydrogens is 494 g/mol. The quantitative estimate of drug-likeness (QED) is 0.430. The van der Waals surface area contributed by atoms with Gasteiger partial charge in [-0.15, -0.1) is 5.10 Å². The summed E-state index contributed by atoms with van der Waals surface area (Å²) in [6.07, 6.45) is 4.43. The van der Waals surface area contributed by atoms with Gasteiger partial charge in [-0.1, -0.05) is 12.1 Å². The van der Waals surface area contributed by atoms with Gasteiger partial charge in [-0.2, -0.15) is 10.1 Å². The van der Waals surface area contributed by atoms with E-state index in [2.05, 4.69) is 52.4 Å². The molecule has 1 aliphatic carbocycles. The summed E-state index contributed by atoms with van der Waals surface area (Å²) in [4.78, 5) is 22.3. The number of pyridine rings is 1. The summed E-state index contributed by atoms with van der Waals surface area (Å²) in [5.74, 6) is 1.99. The smallest absolute Gasteiger partial charge is 0.411 e. The van der Waals surface area contributed by atoms with Crippen LogP contribution >= 0.6 is 0 Å². The standard InChI is InChI=1S/C30H35N5O4/c1-29(2,3)39-28(36)35(30(4)11-12-30)22-10-13-34(17-22)25-9-8-24-23-7-6-19(14-21(23)18-38-27(24)32-25)20-15-26(37-5)33-31-16-20/h6-9,14-16,22H,10-13,17-18H2,1-5H3. The highest BCUT2D eigenvalue weighted by molar-refractivity contribution is 5.78. The lowest BCUT2D eigenvalue weighted by molar-refractivity contribution is 0.00539. The number of nitrogens with zero attached hydrogens (tertiary/aromatic N) is 5. The van der Waals surface area contributed by atoms with Gasteiger partial charge < -0.3 is 19.1 Å². The molecule has 0 spiro atoms. The maximum absolute atomic E-state index is 13.2. The molecular formula is C30H35N5O4. The van der Waals surface area contributed by atoms with Crippen LogP contribution in [-0.4, -0.2) is 63.6 Å². The number of anilines is 1. The van der Waals surface area contributed by atoms with Crippen LogP contribution in [0.2, 0.25) is 0 Å². The van der Waals surface area contributed by atoms with E-state index in [0.29, 0.717) is 18.4 Å². The zero-order chi connectivity index (χ0) is 27.4. The first kappa shape index (κ1) is 25.4. The third-order valence-electron chi connectivity index (χ3n) is 7.78. The van der Waals surface area contributed by atoms with Gasteiger partial charge in [-0.3, -0.25) is 4.90 Å². The van der Waals surface area contributed by atoms with Crippen molar-refractivity contribution >= 4 is 11.9 Å². The third-order valence-corrected chi connectivity index (χ3v) is 7.78. The Morgan fingerprint density at radius 1 is 1.13 bits per heavy atom. The van der Waals surface area contributed by atoms with E-state index in [-0.39, 0.29) is 17.7 Å². The molecule has 1 saturated heterocycles. The molecule has 2 aromatic heterocycles. The zero-order valence-electron chi connectivity index (χ0n) is 23.2. The number of hydrogen-bond acceptors (Lipinski definition) is 8. The molecule has 0 N–H and O–H groups in total. The summed E-state index contributed by atoms with van der Waals surface area (Å²) in [6.45, 7) is 9.91. The lowest BCUT2D eigenvalue weighted by Gasteiger charge is -2.36. The van der Waals surface area contributed by atoms with E-state index in [1.54, 1.807) is 13.3 Å². The first-order chi connectivity index (χ1) is 18.6. The molecule has 9 heteroatoms. The van der Waals surface area contributed by atoms with Crippen LogP contribution in [0.3, 0.4) is 0 Å². The molecule has 0 bridgehead atoms. The number of fused-ring (bicyclic) bond motifs is 3.